The summed E-state index contributed by atoms with van der Waals surface area (Å²) in [6.45, 7) is 4.07. The first-order chi connectivity index (χ1) is 13.0. The van der Waals surface area contributed by atoms with Crippen molar-refractivity contribution < 1.29 is 14.3 Å². The zero-order valence-electron chi connectivity index (χ0n) is 15.4. The number of anilines is 1. The topological polar surface area (TPSA) is 46.6 Å². The molecule has 4 atom stereocenters. The van der Waals surface area contributed by atoms with Gasteiger partial charge in [-0.2, -0.15) is 0 Å². The van der Waals surface area contributed by atoms with Crippen LogP contribution in [0.25, 0.3) is 0 Å². The van der Waals surface area contributed by atoms with Crippen molar-refractivity contribution in [3.05, 3.63) is 65.7 Å². The predicted octanol–water partition coefficient (Wildman–Crippen LogP) is 4.41. The molecular formula is C23H21NO3. The SMILES string of the molecule is Cc1cc(C)cc(Oc2ccc(N3C(=O)[C@@H]4[C@H](C3=O)[C@@H]3C=C[C@H]4C3)cc2)c1. The fraction of sp³-hybridized carbons (Fsp3) is 0.304. The smallest absolute Gasteiger partial charge is 0.238 e. The predicted molar refractivity (Wildman–Crippen MR) is 103 cm³/mol. The fourth-order valence-electron chi connectivity index (χ4n) is 4.95. The molecule has 136 valence electrons. The van der Waals surface area contributed by atoms with Crippen molar-refractivity contribution in [2.45, 2.75) is 20.3 Å². The van der Waals surface area contributed by atoms with Gasteiger partial charge in [0.1, 0.15) is 11.5 Å². The van der Waals surface area contributed by atoms with E-state index in [1.54, 1.807) is 12.1 Å². The van der Waals surface area contributed by atoms with Crippen molar-refractivity contribution in [1.29, 1.82) is 0 Å². The fourth-order valence-corrected chi connectivity index (χ4v) is 4.95. The molecule has 2 aliphatic carbocycles. The summed E-state index contributed by atoms with van der Waals surface area (Å²) >= 11 is 0. The molecule has 0 N–H and O–H groups in total. The Balaban J connectivity index is 1.38. The van der Waals surface area contributed by atoms with E-state index >= 15 is 0 Å². The van der Waals surface area contributed by atoms with E-state index in [4.69, 9.17) is 4.74 Å². The van der Waals surface area contributed by atoms with Crippen molar-refractivity contribution in [2.24, 2.45) is 23.7 Å². The van der Waals surface area contributed by atoms with Crippen LogP contribution in [0.5, 0.6) is 11.5 Å². The number of carbonyl (C=O) groups is 2. The summed E-state index contributed by atoms with van der Waals surface area (Å²) in [5.74, 6) is 1.49. The van der Waals surface area contributed by atoms with Crippen molar-refractivity contribution in [3.63, 3.8) is 0 Å². The van der Waals surface area contributed by atoms with Gasteiger partial charge in [-0.25, -0.2) is 0 Å². The van der Waals surface area contributed by atoms with Crippen LogP contribution in [-0.2, 0) is 9.59 Å². The standard InChI is InChI=1S/C23H21NO3/c1-13-9-14(2)11-19(10-13)27-18-7-5-17(6-8-18)24-22(25)20-15-3-4-16(12-15)21(20)23(24)26/h3-11,15-16,20-21H,12H2,1-2H3/t15-,16+,20-,21+. The maximum atomic E-state index is 12.9. The molecule has 2 bridgehead atoms. The molecule has 0 radical (unpaired) electrons. The van der Waals surface area contributed by atoms with Crippen LogP contribution >= 0.6 is 0 Å². The number of imide groups is 1. The molecule has 2 fully saturated rings. The lowest BCUT2D eigenvalue weighted by Gasteiger charge is -2.17. The molecule has 1 saturated carbocycles. The molecule has 1 aliphatic heterocycles. The minimum atomic E-state index is -0.168. The molecule has 2 aromatic carbocycles. The Morgan fingerprint density at radius 1 is 0.815 bits per heavy atom. The zero-order valence-corrected chi connectivity index (χ0v) is 15.4. The minimum Gasteiger partial charge on any atom is -0.457 e. The Hall–Kier alpha value is -2.88. The summed E-state index contributed by atoms with van der Waals surface area (Å²) in [5.41, 5.74) is 2.92. The van der Waals surface area contributed by atoms with Crippen molar-refractivity contribution >= 4 is 17.5 Å². The number of allylic oxidation sites excluding steroid dienone is 2. The summed E-state index contributed by atoms with van der Waals surface area (Å²) in [6, 6.07) is 13.3. The van der Waals surface area contributed by atoms with Gasteiger partial charge in [-0.1, -0.05) is 18.2 Å². The highest BCUT2D eigenvalue weighted by Gasteiger charge is 2.59. The molecule has 3 aliphatic rings. The second kappa shape index (κ2) is 5.81. The van der Waals surface area contributed by atoms with E-state index < -0.39 is 0 Å². The summed E-state index contributed by atoms with van der Waals surface area (Å²) in [6.07, 6.45) is 5.17. The first-order valence-electron chi connectivity index (χ1n) is 9.43. The third kappa shape index (κ3) is 2.51. The van der Waals surface area contributed by atoms with E-state index in [9.17, 15) is 9.59 Å². The molecule has 1 saturated heterocycles. The molecule has 0 spiro atoms. The highest BCUT2D eigenvalue weighted by Crippen LogP contribution is 2.53. The largest absolute Gasteiger partial charge is 0.457 e. The van der Waals surface area contributed by atoms with E-state index in [0.29, 0.717) is 11.4 Å². The van der Waals surface area contributed by atoms with E-state index in [1.807, 2.05) is 38.1 Å². The number of amides is 2. The van der Waals surface area contributed by atoms with Crippen molar-refractivity contribution in [3.8, 4) is 11.5 Å². The van der Waals surface area contributed by atoms with E-state index in [-0.39, 0.29) is 35.5 Å². The zero-order chi connectivity index (χ0) is 18.7. The summed E-state index contributed by atoms with van der Waals surface area (Å²) in [5, 5.41) is 0. The van der Waals surface area contributed by atoms with Gasteiger partial charge in [0.25, 0.3) is 0 Å². The lowest BCUT2D eigenvalue weighted by molar-refractivity contribution is -0.123. The number of hydrogen-bond acceptors (Lipinski definition) is 3. The molecule has 2 amide bonds. The van der Waals surface area contributed by atoms with Crippen LogP contribution in [0.3, 0.4) is 0 Å². The van der Waals surface area contributed by atoms with E-state index in [0.717, 1.165) is 23.3 Å². The van der Waals surface area contributed by atoms with Crippen molar-refractivity contribution in [1.82, 2.24) is 0 Å². The Labute approximate surface area is 158 Å². The summed E-state index contributed by atoms with van der Waals surface area (Å²) < 4.78 is 5.93. The maximum Gasteiger partial charge on any atom is 0.238 e. The van der Waals surface area contributed by atoms with Gasteiger partial charge >= 0.3 is 0 Å². The van der Waals surface area contributed by atoms with Gasteiger partial charge < -0.3 is 4.74 Å². The normalized spacial score (nSPS) is 28.1. The Bertz CT molecular complexity index is 925. The van der Waals surface area contributed by atoms with Crippen LogP contribution in [0.15, 0.2) is 54.6 Å². The monoisotopic (exact) mass is 359 g/mol. The van der Waals surface area contributed by atoms with E-state index in [1.165, 1.54) is 4.90 Å². The number of nitrogens with zero attached hydrogens (tertiary/aromatic N) is 1. The van der Waals surface area contributed by atoms with Gasteiger partial charge in [0.2, 0.25) is 11.8 Å². The van der Waals surface area contributed by atoms with Crippen LogP contribution < -0.4 is 9.64 Å². The van der Waals surface area contributed by atoms with Crippen LogP contribution in [0.4, 0.5) is 5.69 Å². The van der Waals surface area contributed by atoms with Gasteiger partial charge in [-0.15, -0.1) is 0 Å². The molecular weight excluding hydrogens is 338 g/mol. The number of hydrogen-bond donors (Lipinski definition) is 0. The molecule has 4 heteroatoms. The Morgan fingerprint density at radius 2 is 1.37 bits per heavy atom. The Kier molecular flexibility index (Phi) is 3.51. The molecule has 27 heavy (non-hydrogen) atoms. The molecule has 0 aromatic heterocycles. The molecule has 5 rings (SSSR count). The highest BCUT2D eigenvalue weighted by atomic mass is 16.5. The first-order valence-corrected chi connectivity index (χ1v) is 9.43. The van der Waals surface area contributed by atoms with Gasteiger partial charge in [0, 0.05) is 0 Å². The lowest BCUT2D eigenvalue weighted by atomic mass is 9.85. The number of fused-ring (bicyclic) bond motifs is 5. The van der Waals surface area contributed by atoms with Crippen LogP contribution in [0.1, 0.15) is 17.5 Å². The molecule has 2 aromatic rings. The molecule has 0 unspecified atom stereocenters. The van der Waals surface area contributed by atoms with Gasteiger partial charge in [0.15, 0.2) is 0 Å². The molecule has 1 heterocycles. The average Bonchev–Trinajstić information content (AvgIpc) is 3.29. The summed E-state index contributed by atoms with van der Waals surface area (Å²) in [7, 11) is 0. The first kappa shape index (κ1) is 16.3. The molecule has 4 nitrogen and oxygen atoms in total. The summed E-state index contributed by atoms with van der Waals surface area (Å²) in [4.78, 5) is 27.1. The number of ether oxygens (including phenoxy) is 1. The number of benzene rings is 2. The van der Waals surface area contributed by atoms with Crippen LogP contribution in [0, 0.1) is 37.5 Å². The number of carbonyl (C=O) groups excluding carboxylic acids is 2. The number of aryl methyl sites for hydroxylation is 2. The van der Waals surface area contributed by atoms with Crippen LogP contribution in [0.2, 0.25) is 0 Å². The lowest BCUT2D eigenvalue weighted by Crippen LogP contribution is -2.32. The third-order valence-electron chi connectivity index (χ3n) is 6.00. The third-order valence-corrected chi connectivity index (χ3v) is 6.00. The number of rotatable bonds is 3. The highest BCUT2D eigenvalue weighted by molar-refractivity contribution is 6.22. The van der Waals surface area contributed by atoms with Gasteiger partial charge in [-0.05, 0) is 79.6 Å². The average molecular weight is 359 g/mol. The van der Waals surface area contributed by atoms with Crippen molar-refractivity contribution in [2.75, 3.05) is 4.90 Å². The second-order valence-electron chi connectivity index (χ2n) is 7.93. The Morgan fingerprint density at radius 3 is 1.93 bits per heavy atom. The van der Waals surface area contributed by atoms with Gasteiger partial charge in [-0.3, -0.25) is 14.5 Å². The quantitative estimate of drug-likeness (QED) is 0.602. The second-order valence-corrected chi connectivity index (χ2v) is 7.93. The van der Waals surface area contributed by atoms with E-state index in [2.05, 4.69) is 18.2 Å². The maximum absolute atomic E-state index is 12.9. The van der Waals surface area contributed by atoms with Gasteiger partial charge in [0.05, 0.1) is 17.5 Å². The van der Waals surface area contributed by atoms with Crippen LogP contribution in [-0.4, -0.2) is 11.8 Å². The minimum absolute atomic E-state index is 0.0511.